The van der Waals surface area contributed by atoms with Crippen LogP contribution in [0.15, 0.2) is 24.4 Å². The van der Waals surface area contributed by atoms with E-state index in [4.69, 9.17) is 10.5 Å². The Bertz CT molecular complexity index is 526. The Morgan fingerprint density at radius 3 is 2.88 bits per heavy atom. The molecule has 3 rings (SSSR count). The van der Waals surface area contributed by atoms with Gasteiger partial charge in [0.05, 0.1) is 7.11 Å². The van der Waals surface area contributed by atoms with Crippen LogP contribution < -0.4 is 10.5 Å². The number of benzene rings is 1. The maximum Gasteiger partial charge on any atom is 0.119 e. The number of hydrogen-bond acceptors (Lipinski definition) is 2. The van der Waals surface area contributed by atoms with E-state index in [9.17, 15) is 0 Å². The van der Waals surface area contributed by atoms with Gasteiger partial charge in [0, 0.05) is 29.1 Å². The van der Waals surface area contributed by atoms with Gasteiger partial charge in [0.25, 0.3) is 0 Å². The third kappa shape index (κ3) is 1.25. The van der Waals surface area contributed by atoms with Crippen LogP contribution in [0.1, 0.15) is 18.4 Å². The number of fused-ring (bicyclic) bond motifs is 1. The number of H-pyrrole nitrogens is 1. The molecule has 1 heterocycles. The smallest absolute Gasteiger partial charge is 0.119 e. The zero-order chi connectivity index (χ0) is 11.2. The first-order valence-electron chi connectivity index (χ1n) is 5.65. The van der Waals surface area contributed by atoms with Crippen molar-refractivity contribution in [2.45, 2.75) is 18.3 Å². The molecule has 3 N–H and O–H groups in total. The Balaban J connectivity index is 2.18. The number of hydrogen-bond donors (Lipinski definition) is 2. The van der Waals surface area contributed by atoms with Crippen LogP contribution in [0.4, 0.5) is 0 Å². The molecule has 3 heteroatoms. The lowest BCUT2D eigenvalue weighted by atomic mass is 9.96. The lowest BCUT2D eigenvalue weighted by molar-refractivity contribution is 0.415. The molecule has 0 radical (unpaired) electrons. The van der Waals surface area contributed by atoms with Gasteiger partial charge >= 0.3 is 0 Å². The summed E-state index contributed by atoms with van der Waals surface area (Å²) in [7, 11) is 1.70. The van der Waals surface area contributed by atoms with Crippen LogP contribution in [-0.4, -0.2) is 18.6 Å². The van der Waals surface area contributed by atoms with Crippen molar-refractivity contribution in [3.05, 3.63) is 30.0 Å². The van der Waals surface area contributed by atoms with Gasteiger partial charge < -0.3 is 15.5 Å². The van der Waals surface area contributed by atoms with Gasteiger partial charge in [-0.25, -0.2) is 0 Å². The Labute approximate surface area is 94.6 Å². The van der Waals surface area contributed by atoms with Crippen molar-refractivity contribution in [3.63, 3.8) is 0 Å². The summed E-state index contributed by atoms with van der Waals surface area (Å²) >= 11 is 0. The molecule has 84 valence electrons. The second-order valence-electron chi connectivity index (χ2n) is 4.60. The molecule has 0 amide bonds. The van der Waals surface area contributed by atoms with Gasteiger partial charge in [0.1, 0.15) is 5.75 Å². The van der Waals surface area contributed by atoms with Gasteiger partial charge in [-0.2, -0.15) is 0 Å². The molecule has 1 fully saturated rings. The third-order valence-electron chi connectivity index (χ3n) is 3.70. The number of nitrogens with one attached hydrogen (secondary N) is 1. The highest BCUT2D eigenvalue weighted by atomic mass is 16.5. The number of nitrogens with two attached hydrogens (primary N) is 1. The second-order valence-corrected chi connectivity index (χ2v) is 4.60. The van der Waals surface area contributed by atoms with E-state index in [2.05, 4.69) is 23.3 Å². The van der Waals surface area contributed by atoms with E-state index in [1.54, 1.807) is 7.11 Å². The van der Waals surface area contributed by atoms with Gasteiger partial charge in [-0.1, -0.05) is 0 Å². The molecule has 0 saturated heterocycles. The first-order chi connectivity index (χ1) is 7.79. The van der Waals surface area contributed by atoms with Gasteiger partial charge in [0.2, 0.25) is 0 Å². The fraction of sp³-hybridized carbons (Fsp3) is 0.385. The minimum atomic E-state index is 0.227. The molecule has 16 heavy (non-hydrogen) atoms. The molecule has 1 aliphatic rings. The Kier molecular flexibility index (Phi) is 1.98. The number of rotatable bonds is 3. The van der Waals surface area contributed by atoms with Crippen molar-refractivity contribution in [1.82, 2.24) is 4.98 Å². The van der Waals surface area contributed by atoms with Gasteiger partial charge in [-0.05, 0) is 36.6 Å². The number of aromatic amines is 1. The monoisotopic (exact) mass is 216 g/mol. The fourth-order valence-corrected chi connectivity index (χ4v) is 2.40. The number of aromatic nitrogens is 1. The maximum atomic E-state index is 5.88. The number of ether oxygens (including phenoxy) is 1. The Morgan fingerprint density at radius 1 is 1.44 bits per heavy atom. The largest absolute Gasteiger partial charge is 0.497 e. The lowest BCUT2D eigenvalue weighted by Gasteiger charge is -2.11. The fourth-order valence-electron chi connectivity index (χ4n) is 2.40. The summed E-state index contributed by atoms with van der Waals surface area (Å²) in [5, 5.41) is 1.25. The van der Waals surface area contributed by atoms with Crippen LogP contribution in [-0.2, 0) is 5.41 Å². The molecule has 0 spiro atoms. The Morgan fingerprint density at radius 2 is 2.25 bits per heavy atom. The van der Waals surface area contributed by atoms with Crippen LogP contribution in [0.5, 0.6) is 5.75 Å². The van der Waals surface area contributed by atoms with Gasteiger partial charge in [0.15, 0.2) is 0 Å². The minimum absolute atomic E-state index is 0.227. The highest BCUT2D eigenvalue weighted by Gasteiger charge is 2.44. The lowest BCUT2D eigenvalue weighted by Crippen LogP contribution is -2.19. The van der Waals surface area contributed by atoms with E-state index in [1.807, 2.05) is 6.07 Å². The predicted molar refractivity (Wildman–Crippen MR) is 64.8 cm³/mol. The molecular formula is C13H16N2O. The quantitative estimate of drug-likeness (QED) is 0.826. The summed E-state index contributed by atoms with van der Waals surface area (Å²) in [4.78, 5) is 3.31. The van der Waals surface area contributed by atoms with Crippen LogP contribution in [0.3, 0.4) is 0 Å². The molecule has 0 bridgehead atoms. The topological polar surface area (TPSA) is 51.0 Å². The van der Waals surface area contributed by atoms with Crippen LogP contribution in [0.2, 0.25) is 0 Å². The average molecular weight is 216 g/mol. The Hall–Kier alpha value is -1.48. The summed E-state index contributed by atoms with van der Waals surface area (Å²) in [5.74, 6) is 0.904. The third-order valence-corrected chi connectivity index (χ3v) is 3.70. The van der Waals surface area contributed by atoms with Gasteiger partial charge in [-0.3, -0.25) is 0 Å². The van der Waals surface area contributed by atoms with Crippen LogP contribution in [0, 0.1) is 0 Å². The molecule has 3 nitrogen and oxygen atoms in total. The maximum absolute atomic E-state index is 5.88. The number of methoxy groups -OCH3 is 1. The van der Waals surface area contributed by atoms with Crippen LogP contribution in [0.25, 0.3) is 10.9 Å². The van der Waals surface area contributed by atoms with Crippen molar-refractivity contribution >= 4 is 10.9 Å². The van der Waals surface area contributed by atoms with Crippen molar-refractivity contribution < 1.29 is 4.74 Å². The van der Waals surface area contributed by atoms with E-state index >= 15 is 0 Å². The summed E-state index contributed by atoms with van der Waals surface area (Å²) in [6.45, 7) is 0.733. The molecule has 2 aromatic rings. The zero-order valence-corrected chi connectivity index (χ0v) is 9.42. The van der Waals surface area contributed by atoms with Crippen molar-refractivity contribution in [1.29, 1.82) is 0 Å². The molecule has 1 aromatic heterocycles. The summed E-state index contributed by atoms with van der Waals surface area (Å²) in [6.07, 6.45) is 4.51. The van der Waals surface area contributed by atoms with E-state index in [-0.39, 0.29) is 5.41 Å². The predicted octanol–water partition coefficient (Wildman–Crippen LogP) is 2.17. The van der Waals surface area contributed by atoms with E-state index in [0.717, 1.165) is 17.8 Å². The molecular weight excluding hydrogens is 200 g/mol. The molecule has 1 saturated carbocycles. The normalized spacial score (nSPS) is 17.6. The molecule has 0 unspecified atom stereocenters. The summed E-state index contributed by atoms with van der Waals surface area (Å²) in [6, 6.07) is 6.13. The zero-order valence-electron chi connectivity index (χ0n) is 9.42. The van der Waals surface area contributed by atoms with E-state index < -0.39 is 0 Å². The highest BCUT2D eigenvalue weighted by molar-refractivity contribution is 5.86. The molecule has 0 atom stereocenters. The molecule has 0 aliphatic heterocycles. The summed E-state index contributed by atoms with van der Waals surface area (Å²) in [5.41, 5.74) is 8.62. The SMILES string of the molecule is COc1ccc2[nH]cc(C3(CN)CC3)c2c1. The highest BCUT2D eigenvalue weighted by Crippen LogP contribution is 2.49. The van der Waals surface area contributed by atoms with E-state index in [0.29, 0.717) is 0 Å². The van der Waals surface area contributed by atoms with Crippen molar-refractivity contribution in [2.24, 2.45) is 5.73 Å². The minimum Gasteiger partial charge on any atom is -0.497 e. The van der Waals surface area contributed by atoms with Crippen molar-refractivity contribution in [2.75, 3.05) is 13.7 Å². The summed E-state index contributed by atoms with van der Waals surface area (Å²) < 4.78 is 5.27. The molecule has 1 aromatic carbocycles. The first-order valence-corrected chi connectivity index (χ1v) is 5.65. The van der Waals surface area contributed by atoms with Crippen LogP contribution >= 0.6 is 0 Å². The first kappa shape index (κ1) is 9.73. The second kappa shape index (κ2) is 3.25. The standard InChI is InChI=1S/C13H16N2O/c1-16-9-2-3-12-10(6-9)11(7-15-12)13(8-14)4-5-13/h2-3,6-7,15H,4-5,8,14H2,1H3. The van der Waals surface area contributed by atoms with E-state index in [1.165, 1.54) is 23.8 Å². The molecule has 1 aliphatic carbocycles. The van der Waals surface area contributed by atoms with Crippen molar-refractivity contribution in [3.8, 4) is 5.75 Å². The van der Waals surface area contributed by atoms with Gasteiger partial charge in [-0.15, -0.1) is 0 Å². The average Bonchev–Trinajstić information content (AvgIpc) is 3.02.